The van der Waals surface area contributed by atoms with E-state index in [-0.39, 0.29) is 34.9 Å². The number of aromatic nitrogens is 1. The summed E-state index contributed by atoms with van der Waals surface area (Å²) >= 11 is 0. The zero-order valence-electron chi connectivity index (χ0n) is 15.0. The Morgan fingerprint density at radius 3 is 2.79 bits per heavy atom. The standard InChI is InChI=1S/C19H18N5O4/c25-12-6-8-20-15(10-12)14-11-16(26)22-24(23-9-2-1-5-17(23)27)18(14)13-4-3-7-21-19(13)28/h3-4,7-8,10,18H,1-2,5-6,9H2,(H,21,28)(H,22,26). The van der Waals surface area contributed by atoms with Crippen LogP contribution < -0.4 is 11.0 Å². The van der Waals surface area contributed by atoms with Crippen LogP contribution in [0.1, 0.15) is 37.3 Å². The van der Waals surface area contributed by atoms with E-state index in [1.807, 2.05) is 0 Å². The molecule has 1 atom stereocenters. The van der Waals surface area contributed by atoms with Gasteiger partial charge in [-0.3, -0.25) is 34.6 Å². The van der Waals surface area contributed by atoms with Gasteiger partial charge in [-0.05, 0) is 25.0 Å². The van der Waals surface area contributed by atoms with E-state index < -0.39 is 11.9 Å². The predicted octanol–water partition coefficient (Wildman–Crippen LogP) is 0.347. The highest BCUT2D eigenvalue weighted by Crippen LogP contribution is 2.35. The highest BCUT2D eigenvalue weighted by atomic mass is 16.2. The topological polar surface area (TPSA) is 115 Å². The maximum atomic E-state index is 12.5. The van der Waals surface area contributed by atoms with Crippen LogP contribution in [0.5, 0.6) is 0 Å². The molecule has 28 heavy (non-hydrogen) atoms. The zero-order valence-corrected chi connectivity index (χ0v) is 15.0. The number of hydrogen-bond acceptors (Lipinski definition) is 6. The first-order valence-corrected chi connectivity index (χ1v) is 9.03. The van der Waals surface area contributed by atoms with Gasteiger partial charge in [0.2, 0.25) is 5.91 Å². The summed E-state index contributed by atoms with van der Waals surface area (Å²) in [5.74, 6) is -0.889. The molecule has 1 aromatic rings. The number of piperidine rings is 1. The summed E-state index contributed by atoms with van der Waals surface area (Å²) in [5.41, 5.74) is 3.08. The summed E-state index contributed by atoms with van der Waals surface area (Å²) in [6.45, 7) is 0.412. The molecule has 4 rings (SSSR count). The van der Waals surface area contributed by atoms with Crippen molar-refractivity contribution >= 4 is 23.8 Å². The van der Waals surface area contributed by atoms with Crippen LogP contribution in [0.2, 0.25) is 0 Å². The third-order valence-electron chi connectivity index (χ3n) is 4.78. The first-order valence-electron chi connectivity index (χ1n) is 9.03. The van der Waals surface area contributed by atoms with Crippen LogP contribution in [0.3, 0.4) is 0 Å². The Hall–Kier alpha value is -3.33. The minimum absolute atomic E-state index is 0.151. The number of allylic oxidation sites excluding steroid dienone is 1. The Bertz CT molecular complexity index is 990. The molecule has 2 amide bonds. The highest BCUT2D eigenvalue weighted by molar-refractivity contribution is 6.02. The lowest BCUT2D eigenvalue weighted by atomic mass is 9.93. The first-order chi connectivity index (χ1) is 13.5. The van der Waals surface area contributed by atoms with Crippen LogP contribution in [0.25, 0.3) is 0 Å². The van der Waals surface area contributed by atoms with E-state index in [2.05, 4.69) is 21.5 Å². The summed E-state index contributed by atoms with van der Waals surface area (Å²) in [4.78, 5) is 56.1. The van der Waals surface area contributed by atoms with E-state index in [1.165, 1.54) is 28.6 Å². The van der Waals surface area contributed by atoms with Crippen LogP contribution in [0.4, 0.5) is 0 Å². The average Bonchev–Trinajstić information content (AvgIpc) is 2.68. The molecule has 9 heteroatoms. The van der Waals surface area contributed by atoms with Gasteiger partial charge in [0, 0.05) is 49.0 Å². The van der Waals surface area contributed by atoms with Crippen LogP contribution >= 0.6 is 0 Å². The number of pyridine rings is 1. The average molecular weight is 380 g/mol. The number of nitrogens with one attached hydrogen (secondary N) is 2. The predicted molar refractivity (Wildman–Crippen MR) is 98.3 cm³/mol. The molecule has 1 fully saturated rings. The number of rotatable bonds is 3. The SMILES string of the molecule is O=C1C=C(C2=[C]C(=O)NN(N3CCCCC3=O)C2c2ccc[nH]c2=O)N=CC1. The number of H-pyrrole nitrogens is 1. The third kappa shape index (κ3) is 3.31. The lowest BCUT2D eigenvalue weighted by Crippen LogP contribution is -2.60. The van der Waals surface area contributed by atoms with Crippen molar-refractivity contribution in [2.75, 3.05) is 6.54 Å². The molecular weight excluding hydrogens is 362 g/mol. The second kappa shape index (κ2) is 7.35. The fourth-order valence-corrected chi connectivity index (χ4v) is 3.50. The minimum Gasteiger partial charge on any atom is -0.329 e. The fraction of sp³-hybridized carbons (Fsp3) is 0.316. The number of nitrogens with zero attached hydrogens (tertiary/aromatic N) is 3. The molecule has 2 N–H and O–H groups in total. The van der Waals surface area contributed by atoms with Gasteiger partial charge in [0.25, 0.3) is 11.5 Å². The fourth-order valence-electron chi connectivity index (χ4n) is 3.50. The molecule has 0 aromatic carbocycles. The van der Waals surface area contributed by atoms with Crippen LogP contribution in [0, 0.1) is 6.08 Å². The van der Waals surface area contributed by atoms with Gasteiger partial charge in [-0.2, -0.15) is 0 Å². The lowest BCUT2D eigenvalue weighted by molar-refractivity contribution is -0.170. The maximum absolute atomic E-state index is 12.5. The van der Waals surface area contributed by atoms with E-state index in [0.717, 1.165) is 12.8 Å². The molecule has 0 saturated carbocycles. The van der Waals surface area contributed by atoms with Crippen molar-refractivity contribution in [2.45, 2.75) is 31.7 Å². The summed E-state index contributed by atoms with van der Waals surface area (Å²) in [5, 5.41) is 2.81. The second-order valence-electron chi connectivity index (χ2n) is 6.67. The van der Waals surface area contributed by atoms with E-state index in [4.69, 9.17) is 0 Å². The Kier molecular flexibility index (Phi) is 4.74. The molecule has 3 aliphatic heterocycles. The first kappa shape index (κ1) is 18.1. The van der Waals surface area contributed by atoms with Crippen molar-refractivity contribution < 1.29 is 14.4 Å². The van der Waals surface area contributed by atoms with E-state index in [0.29, 0.717) is 18.5 Å². The van der Waals surface area contributed by atoms with E-state index >= 15 is 0 Å². The van der Waals surface area contributed by atoms with Gasteiger partial charge in [0.15, 0.2) is 5.78 Å². The summed E-state index contributed by atoms with van der Waals surface area (Å²) < 4.78 is 0. The molecule has 0 aliphatic carbocycles. The number of aromatic amines is 1. The molecule has 3 aliphatic rings. The molecule has 1 saturated heterocycles. The Labute approximate surface area is 160 Å². The van der Waals surface area contributed by atoms with Gasteiger partial charge in [0.05, 0.1) is 11.8 Å². The summed E-state index contributed by atoms with van der Waals surface area (Å²) in [6.07, 6.45) is 9.03. The monoisotopic (exact) mass is 380 g/mol. The number of hydrogen-bond donors (Lipinski definition) is 2. The number of hydrazine groups is 2. The number of aliphatic imine (C=N–C) groups is 1. The number of carbonyl (C=O) groups excluding carboxylic acids is 3. The molecule has 9 nitrogen and oxygen atoms in total. The molecular formula is C19H18N5O4. The van der Waals surface area contributed by atoms with E-state index in [9.17, 15) is 19.2 Å². The van der Waals surface area contributed by atoms with Gasteiger partial charge in [0.1, 0.15) is 6.04 Å². The van der Waals surface area contributed by atoms with Crippen molar-refractivity contribution in [1.29, 1.82) is 0 Å². The van der Waals surface area contributed by atoms with Gasteiger partial charge in [-0.15, -0.1) is 5.12 Å². The van der Waals surface area contributed by atoms with Gasteiger partial charge >= 0.3 is 0 Å². The third-order valence-corrected chi connectivity index (χ3v) is 4.78. The Morgan fingerprint density at radius 2 is 2.04 bits per heavy atom. The zero-order chi connectivity index (χ0) is 19.7. The van der Waals surface area contributed by atoms with E-state index in [1.54, 1.807) is 12.1 Å². The summed E-state index contributed by atoms with van der Waals surface area (Å²) in [7, 11) is 0. The number of carbonyl (C=O) groups is 3. The largest absolute Gasteiger partial charge is 0.329 e. The normalized spacial score (nSPS) is 23.4. The van der Waals surface area contributed by atoms with Crippen LogP contribution in [-0.2, 0) is 14.4 Å². The Balaban J connectivity index is 1.86. The van der Waals surface area contributed by atoms with Gasteiger partial charge in [-0.25, -0.2) is 0 Å². The van der Waals surface area contributed by atoms with Crippen molar-refractivity contribution in [3.05, 3.63) is 57.7 Å². The van der Waals surface area contributed by atoms with Crippen molar-refractivity contribution in [1.82, 2.24) is 20.5 Å². The molecule has 1 unspecified atom stereocenters. The molecule has 0 spiro atoms. The maximum Gasteiger partial charge on any atom is 0.268 e. The summed E-state index contributed by atoms with van der Waals surface area (Å²) in [6, 6.07) is 2.42. The van der Waals surface area contributed by atoms with Crippen molar-refractivity contribution in [2.24, 2.45) is 4.99 Å². The minimum atomic E-state index is -0.848. The number of ketones is 1. The van der Waals surface area contributed by atoms with Crippen LogP contribution in [-0.4, -0.2) is 45.5 Å². The van der Waals surface area contributed by atoms with Crippen LogP contribution in [0.15, 0.2) is 45.5 Å². The molecule has 1 radical (unpaired) electrons. The quantitative estimate of drug-likeness (QED) is 0.785. The molecule has 143 valence electrons. The highest BCUT2D eigenvalue weighted by Gasteiger charge is 2.40. The molecule has 1 aromatic heterocycles. The smallest absolute Gasteiger partial charge is 0.268 e. The van der Waals surface area contributed by atoms with Gasteiger partial charge in [-0.1, -0.05) is 0 Å². The Morgan fingerprint density at radius 1 is 1.18 bits per heavy atom. The second-order valence-corrected chi connectivity index (χ2v) is 6.67. The van der Waals surface area contributed by atoms with Gasteiger partial charge < -0.3 is 4.98 Å². The van der Waals surface area contributed by atoms with Crippen molar-refractivity contribution in [3.8, 4) is 0 Å². The van der Waals surface area contributed by atoms with Crippen molar-refractivity contribution in [3.63, 3.8) is 0 Å². The number of amides is 2. The molecule has 0 bridgehead atoms. The molecule has 4 heterocycles. The lowest BCUT2D eigenvalue weighted by Gasteiger charge is -2.43.